The number of rotatable bonds is 8. The lowest BCUT2D eigenvalue weighted by atomic mass is 9.74. The van der Waals surface area contributed by atoms with Crippen molar-refractivity contribution in [2.45, 2.75) is 140 Å². The van der Waals surface area contributed by atoms with Gasteiger partial charge in [-0.2, -0.15) is 0 Å². The highest BCUT2D eigenvalue weighted by molar-refractivity contribution is 5.80. The summed E-state index contributed by atoms with van der Waals surface area (Å²) < 4.78 is 37.8. The Labute approximate surface area is 316 Å². The van der Waals surface area contributed by atoms with Crippen molar-refractivity contribution in [1.29, 1.82) is 0 Å². The number of hydrogen-bond donors (Lipinski definition) is 4. The molecule has 4 heterocycles. The summed E-state index contributed by atoms with van der Waals surface area (Å²) in [5, 5.41) is 39.1. The number of nitrogens with zero attached hydrogens (tertiary/aromatic N) is 3. The number of ether oxygens (including phenoxy) is 6. The molecule has 4 aliphatic rings. The topological polar surface area (TPSA) is 172 Å². The van der Waals surface area contributed by atoms with E-state index in [1.165, 1.54) is 0 Å². The second kappa shape index (κ2) is 18.2. The molecule has 308 valence electrons. The minimum Gasteiger partial charge on any atom is -0.387 e. The second-order valence-corrected chi connectivity index (χ2v) is 17.0. The predicted molar refractivity (Wildman–Crippen MR) is 197 cm³/mol. The highest BCUT2D eigenvalue weighted by Crippen LogP contribution is 2.43. The SMILES string of the molecule is CO[C@]1(C)C[C@H](O[C@H]2[C@H](C)[C@@H](O[C@@H]3O[C@H](C)C[C@H](N(C)C)[C@H]3O)[C@](C)(O)C[C@@H](C)CN(C)C(=O)CCNC(=O)[C@@H]2C)O[C@@H](C)C1(O)CN1CCOCC1. The Morgan fingerprint density at radius 1 is 1.00 bits per heavy atom. The largest absolute Gasteiger partial charge is 0.387 e. The molecule has 15 heteroatoms. The number of methoxy groups -OCH3 is 1. The van der Waals surface area contributed by atoms with E-state index in [0.29, 0.717) is 45.8 Å². The van der Waals surface area contributed by atoms with Gasteiger partial charge >= 0.3 is 0 Å². The summed E-state index contributed by atoms with van der Waals surface area (Å²) in [6.45, 7) is 16.2. The minimum absolute atomic E-state index is 0.120. The number of β-amino-alcohol motifs (C(OH)–C–C–N with tert-alkyl or cyclic N) is 1. The van der Waals surface area contributed by atoms with Gasteiger partial charge in [0.1, 0.15) is 17.3 Å². The third-order valence-electron chi connectivity index (χ3n) is 12.3. The van der Waals surface area contributed by atoms with E-state index in [1.807, 2.05) is 46.7 Å². The van der Waals surface area contributed by atoms with Crippen molar-refractivity contribution in [2.24, 2.45) is 17.8 Å². The average Bonchev–Trinajstić information content (AvgIpc) is 3.08. The third-order valence-corrected chi connectivity index (χ3v) is 12.3. The normalized spacial score (nSPS) is 44.8. The number of carbonyl (C=O) groups is 2. The zero-order valence-corrected chi connectivity index (χ0v) is 34.1. The van der Waals surface area contributed by atoms with Gasteiger partial charge in [-0.05, 0) is 60.5 Å². The van der Waals surface area contributed by atoms with E-state index in [0.717, 1.165) is 0 Å². The number of morpholine rings is 1. The molecule has 1 unspecified atom stereocenters. The number of likely N-dealkylation sites (N-methyl/N-ethyl adjacent to an activating group) is 1. The molecule has 14 atom stereocenters. The molecule has 4 rings (SSSR count). The maximum absolute atomic E-state index is 13.9. The molecule has 0 radical (unpaired) electrons. The number of amides is 2. The molecule has 4 N–H and O–H groups in total. The Bertz CT molecular complexity index is 1210. The van der Waals surface area contributed by atoms with Gasteiger partial charge in [0.25, 0.3) is 0 Å². The molecular weight excluding hydrogens is 688 g/mol. The van der Waals surface area contributed by atoms with Crippen LogP contribution in [0.4, 0.5) is 0 Å². The smallest absolute Gasteiger partial charge is 0.225 e. The first kappa shape index (κ1) is 44.2. The van der Waals surface area contributed by atoms with Crippen LogP contribution >= 0.6 is 0 Å². The summed E-state index contributed by atoms with van der Waals surface area (Å²) in [6, 6.07) is -0.252. The van der Waals surface area contributed by atoms with Crippen molar-refractivity contribution >= 4 is 11.8 Å². The zero-order chi connectivity index (χ0) is 39.5. The molecule has 15 nitrogen and oxygen atoms in total. The molecule has 2 amide bonds. The van der Waals surface area contributed by atoms with Crippen molar-refractivity contribution in [2.75, 3.05) is 74.2 Å². The Hall–Kier alpha value is -1.50. The summed E-state index contributed by atoms with van der Waals surface area (Å²) in [6.07, 6.45) is -4.73. The molecular formula is C38H70N4O11. The van der Waals surface area contributed by atoms with Gasteiger partial charge in [-0.1, -0.05) is 20.8 Å². The van der Waals surface area contributed by atoms with Crippen LogP contribution in [0.15, 0.2) is 0 Å². The van der Waals surface area contributed by atoms with Gasteiger partial charge in [0.05, 0.1) is 49.1 Å². The van der Waals surface area contributed by atoms with Crippen molar-refractivity contribution in [1.82, 2.24) is 20.0 Å². The van der Waals surface area contributed by atoms with E-state index in [1.54, 1.807) is 39.8 Å². The molecule has 4 aliphatic heterocycles. The number of aliphatic hydroxyl groups is 3. The van der Waals surface area contributed by atoms with Crippen LogP contribution in [0.2, 0.25) is 0 Å². The van der Waals surface area contributed by atoms with Gasteiger partial charge in [-0.15, -0.1) is 0 Å². The maximum atomic E-state index is 13.9. The fourth-order valence-corrected chi connectivity index (χ4v) is 8.98. The zero-order valence-electron chi connectivity index (χ0n) is 34.1. The summed E-state index contributed by atoms with van der Waals surface area (Å²) in [4.78, 5) is 32.6. The van der Waals surface area contributed by atoms with E-state index in [9.17, 15) is 24.9 Å². The van der Waals surface area contributed by atoms with Crippen LogP contribution in [0.5, 0.6) is 0 Å². The molecule has 0 spiro atoms. The van der Waals surface area contributed by atoms with E-state index in [2.05, 4.69) is 10.2 Å². The highest BCUT2D eigenvalue weighted by Gasteiger charge is 2.59. The first-order valence-electron chi connectivity index (χ1n) is 19.5. The first-order chi connectivity index (χ1) is 24.7. The molecule has 0 aromatic carbocycles. The molecule has 0 aromatic rings. The molecule has 0 saturated carbocycles. The molecule has 4 fully saturated rings. The van der Waals surface area contributed by atoms with Gasteiger partial charge in [0.15, 0.2) is 12.6 Å². The number of hydrogen-bond acceptors (Lipinski definition) is 13. The number of aliphatic hydroxyl groups excluding tert-OH is 1. The molecule has 0 aromatic heterocycles. The van der Waals surface area contributed by atoms with Gasteiger partial charge in [0, 0.05) is 71.7 Å². The Morgan fingerprint density at radius 2 is 1.66 bits per heavy atom. The van der Waals surface area contributed by atoms with Gasteiger partial charge < -0.3 is 58.9 Å². The molecule has 0 aliphatic carbocycles. The lowest BCUT2D eigenvalue weighted by molar-refractivity contribution is -0.339. The van der Waals surface area contributed by atoms with E-state index < -0.39 is 65.6 Å². The van der Waals surface area contributed by atoms with Crippen LogP contribution in [0.3, 0.4) is 0 Å². The van der Waals surface area contributed by atoms with Gasteiger partial charge in [0.2, 0.25) is 11.8 Å². The van der Waals surface area contributed by atoms with Crippen LogP contribution in [-0.4, -0.2) is 182 Å². The minimum atomic E-state index is -1.53. The fourth-order valence-electron chi connectivity index (χ4n) is 8.98. The molecule has 4 saturated heterocycles. The van der Waals surface area contributed by atoms with E-state index in [-0.39, 0.29) is 55.7 Å². The Morgan fingerprint density at radius 3 is 2.28 bits per heavy atom. The second-order valence-electron chi connectivity index (χ2n) is 17.0. The summed E-state index contributed by atoms with van der Waals surface area (Å²) in [5.74, 6) is -2.05. The van der Waals surface area contributed by atoms with Gasteiger partial charge in [-0.25, -0.2) is 0 Å². The highest BCUT2D eigenvalue weighted by atomic mass is 16.7. The Kier molecular flexibility index (Phi) is 15.2. The van der Waals surface area contributed by atoms with Crippen LogP contribution in [0.25, 0.3) is 0 Å². The summed E-state index contributed by atoms with van der Waals surface area (Å²) >= 11 is 0. The van der Waals surface area contributed by atoms with Crippen molar-refractivity contribution < 1.29 is 53.3 Å². The van der Waals surface area contributed by atoms with Gasteiger partial charge in [-0.3, -0.25) is 14.5 Å². The average molecular weight is 759 g/mol. The summed E-state index contributed by atoms with van der Waals surface area (Å²) in [7, 11) is 7.08. The van der Waals surface area contributed by atoms with Crippen molar-refractivity contribution in [3.8, 4) is 0 Å². The van der Waals surface area contributed by atoms with Crippen LogP contribution in [0, 0.1) is 17.8 Å². The van der Waals surface area contributed by atoms with Crippen LogP contribution < -0.4 is 5.32 Å². The number of nitrogens with one attached hydrogen (secondary N) is 1. The maximum Gasteiger partial charge on any atom is 0.225 e. The fraction of sp³-hybridized carbons (Fsp3) is 0.947. The van der Waals surface area contributed by atoms with Crippen molar-refractivity contribution in [3.63, 3.8) is 0 Å². The van der Waals surface area contributed by atoms with Crippen LogP contribution in [0.1, 0.15) is 74.1 Å². The predicted octanol–water partition coefficient (Wildman–Crippen LogP) is 0.814. The monoisotopic (exact) mass is 759 g/mol. The van der Waals surface area contributed by atoms with Crippen molar-refractivity contribution in [3.05, 3.63) is 0 Å². The van der Waals surface area contributed by atoms with E-state index in [4.69, 9.17) is 28.4 Å². The molecule has 53 heavy (non-hydrogen) atoms. The standard InChI is InChI=1S/C38H70N4O11/c1-23-19-36(6,46)33(53-35-31(44)28(40(8)9)18-24(2)50-35)25(3)32(26(4)34(45)39-13-12-29(43)41(10)21-23)52-30-20-37(7,48-11)38(47,27(5)51-30)22-42-14-16-49-17-15-42/h23-28,30-33,35,44,46-47H,12-22H2,1-11H3,(H,39,45)/t23-,24-,25+,26-,27+,28+,30+,31-,32+,33-,35+,36-,37-,38?/m1/s1. The summed E-state index contributed by atoms with van der Waals surface area (Å²) in [5.41, 5.74) is -4.01. The lowest BCUT2D eigenvalue weighted by Gasteiger charge is -2.55. The molecule has 0 bridgehead atoms. The lowest BCUT2D eigenvalue weighted by Crippen LogP contribution is -2.70. The third kappa shape index (κ3) is 10.3. The van der Waals surface area contributed by atoms with E-state index >= 15 is 0 Å². The quantitative estimate of drug-likeness (QED) is 0.275. The number of carbonyl (C=O) groups excluding carboxylic acids is 2. The Balaban J connectivity index is 1.71. The first-order valence-corrected chi connectivity index (χ1v) is 19.5. The van der Waals surface area contributed by atoms with Crippen LogP contribution in [-0.2, 0) is 38.0 Å².